The molecule has 0 radical (unpaired) electrons. The number of anilines is 1. The number of benzene rings is 3. The second-order valence-electron chi connectivity index (χ2n) is 9.11. The molecule has 1 atom stereocenters. The molecule has 0 fully saturated rings. The average molecular weight is 557 g/mol. The molecular formula is C29H36N2O5S2. The summed E-state index contributed by atoms with van der Waals surface area (Å²) in [6, 6.07) is 20.7. The molecule has 1 N–H and O–H groups in total. The van der Waals surface area contributed by atoms with E-state index < -0.39 is 22.5 Å². The van der Waals surface area contributed by atoms with Crippen molar-refractivity contribution >= 4 is 33.4 Å². The maximum absolute atomic E-state index is 13.9. The van der Waals surface area contributed by atoms with E-state index in [9.17, 15) is 13.2 Å². The van der Waals surface area contributed by atoms with Crippen LogP contribution in [0.25, 0.3) is 0 Å². The number of nitrogens with zero attached hydrogens (tertiary/aromatic N) is 1. The van der Waals surface area contributed by atoms with E-state index in [0.29, 0.717) is 30.4 Å². The molecule has 1 amide bonds. The minimum absolute atomic E-state index is 0.100. The van der Waals surface area contributed by atoms with Gasteiger partial charge in [0.2, 0.25) is 5.91 Å². The van der Waals surface area contributed by atoms with Crippen LogP contribution in [0.1, 0.15) is 38.8 Å². The van der Waals surface area contributed by atoms with E-state index in [-0.39, 0.29) is 10.9 Å². The first kappa shape index (κ1) is 29.4. The Labute approximate surface area is 230 Å². The van der Waals surface area contributed by atoms with Gasteiger partial charge in [0.1, 0.15) is 18.0 Å². The van der Waals surface area contributed by atoms with Gasteiger partial charge in [-0.25, -0.2) is 8.42 Å². The number of amides is 1. The predicted molar refractivity (Wildman–Crippen MR) is 154 cm³/mol. The number of hydrogen-bond acceptors (Lipinski definition) is 6. The van der Waals surface area contributed by atoms with Gasteiger partial charge in [-0.15, -0.1) is 11.8 Å². The molecule has 3 rings (SSSR count). The third-order valence-electron chi connectivity index (χ3n) is 5.93. The zero-order chi connectivity index (χ0) is 27.7. The molecular weight excluding hydrogens is 520 g/mol. The standard InChI is InChI=1S/C29H36N2O5S2/c1-6-36-28-10-8-7-9-27(28)31(38(33,34)25-17-15-24(37-5)16-18-25)20-29(32)30-26(19-21(2)3)22-11-13-23(35-4)14-12-22/h7-18,21,26H,6,19-20H2,1-5H3,(H,30,32)/t26-/m0/s1. The smallest absolute Gasteiger partial charge is 0.264 e. The molecule has 0 spiro atoms. The van der Waals surface area contributed by atoms with Gasteiger partial charge in [0.25, 0.3) is 10.0 Å². The second-order valence-corrected chi connectivity index (χ2v) is 11.9. The largest absolute Gasteiger partial charge is 0.497 e. The first-order valence-electron chi connectivity index (χ1n) is 12.5. The van der Waals surface area contributed by atoms with Gasteiger partial charge >= 0.3 is 0 Å². The number of carbonyl (C=O) groups excluding carboxylic acids is 1. The Morgan fingerprint density at radius 3 is 2.24 bits per heavy atom. The first-order chi connectivity index (χ1) is 18.2. The fourth-order valence-corrected chi connectivity index (χ4v) is 5.91. The lowest BCUT2D eigenvalue weighted by atomic mass is 9.97. The van der Waals surface area contributed by atoms with Crippen molar-refractivity contribution in [3.05, 3.63) is 78.4 Å². The van der Waals surface area contributed by atoms with Gasteiger partial charge in [-0.1, -0.05) is 38.1 Å². The van der Waals surface area contributed by atoms with Crippen molar-refractivity contribution in [1.82, 2.24) is 5.32 Å². The number of carbonyl (C=O) groups is 1. The van der Waals surface area contributed by atoms with Crippen LogP contribution in [0.15, 0.2) is 82.6 Å². The molecule has 0 unspecified atom stereocenters. The molecule has 0 saturated carbocycles. The maximum atomic E-state index is 13.9. The van der Waals surface area contributed by atoms with Crippen molar-refractivity contribution < 1.29 is 22.7 Å². The maximum Gasteiger partial charge on any atom is 0.264 e. The normalized spacial score (nSPS) is 12.2. The molecule has 0 aliphatic carbocycles. The van der Waals surface area contributed by atoms with Gasteiger partial charge in [-0.3, -0.25) is 9.10 Å². The van der Waals surface area contributed by atoms with Crippen molar-refractivity contribution in [3.8, 4) is 11.5 Å². The van der Waals surface area contributed by atoms with Crippen LogP contribution in [0.2, 0.25) is 0 Å². The molecule has 7 nitrogen and oxygen atoms in total. The Bertz CT molecular complexity index is 1290. The SMILES string of the molecule is CCOc1ccccc1N(CC(=O)N[C@@H](CC(C)C)c1ccc(OC)cc1)S(=O)(=O)c1ccc(SC)cc1. The average Bonchev–Trinajstić information content (AvgIpc) is 2.92. The fraction of sp³-hybridized carbons (Fsp3) is 0.345. The summed E-state index contributed by atoms with van der Waals surface area (Å²) in [5.41, 5.74) is 1.23. The highest BCUT2D eigenvalue weighted by Crippen LogP contribution is 2.33. The molecule has 0 aromatic heterocycles. The summed E-state index contributed by atoms with van der Waals surface area (Å²) in [6.07, 6.45) is 2.62. The van der Waals surface area contributed by atoms with Crippen LogP contribution in [0.4, 0.5) is 5.69 Å². The monoisotopic (exact) mass is 556 g/mol. The minimum atomic E-state index is -4.08. The summed E-state index contributed by atoms with van der Waals surface area (Å²) in [5, 5.41) is 3.07. The lowest BCUT2D eigenvalue weighted by Gasteiger charge is -2.28. The van der Waals surface area contributed by atoms with Gasteiger partial charge < -0.3 is 14.8 Å². The molecule has 0 aliphatic rings. The Hall–Kier alpha value is -3.17. The van der Waals surface area contributed by atoms with E-state index in [1.54, 1.807) is 55.6 Å². The first-order valence-corrected chi connectivity index (χ1v) is 15.2. The number of sulfonamides is 1. The van der Waals surface area contributed by atoms with E-state index in [4.69, 9.17) is 9.47 Å². The van der Waals surface area contributed by atoms with E-state index in [0.717, 1.165) is 20.5 Å². The number of hydrogen-bond donors (Lipinski definition) is 1. The highest BCUT2D eigenvalue weighted by atomic mass is 32.2. The van der Waals surface area contributed by atoms with E-state index in [2.05, 4.69) is 19.2 Å². The van der Waals surface area contributed by atoms with Crippen LogP contribution >= 0.6 is 11.8 Å². The van der Waals surface area contributed by atoms with Crippen molar-refractivity contribution in [2.75, 3.05) is 30.8 Å². The molecule has 3 aromatic carbocycles. The van der Waals surface area contributed by atoms with Crippen LogP contribution in [0.3, 0.4) is 0 Å². The second kappa shape index (κ2) is 13.6. The zero-order valence-corrected chi connectivity index (χ0v) is 24.1. The summed E-state index contributed by atoms with van der Waals surface area (Å²) in [5.74, 6) is 1.000. The number of methoxy groups -OCH3 is 1. The Morgan fingerprint density at radius 1 is 1.00 bits per heavy atom. The number of ether oxygens (including phenoxy) is 2. The van der Waals surface area contributed by atoms with Gasteiger partial charge in [0.05, 0.1) is 30.3 Å². The summed E-state index contributed by atoms with van der Waals surface area (Å²) >= 11 is 1.52. The van der Waals surface area contributed by atoms with E-state index >= 15 is 0 Å². The molecule has 0 heterocycles. The number of rotatable bonds is 13. The van der Waals surface area contributed by atoms with Gasteiger partial charge in [-0.05, 0) is 79.6 Å². The lowest BCUT2D eigenvalue weighted by Crippen LogP contribution is -2.42. The van der Waals surface area contributed by atoms with Gasteiger partial charge in [-0.2, -0.15) is 0 Å². The van der Waals surface area contributed by atoms with Crippen molar-refractivity contribution in [2.24, 2.45) is 5.92 Å². The highest BCUT2D eigenvalue weighted by Gasteiger charge is 2.30. The van der Waals surface area contributed by atoms with E-state index in [1.165, 1.54) is 11.8 Å². The third kappa shape index (κ3) is 7.45. The van der Waals surface area contributed by atoms with Crippen LogP contribution in [0, 0.1) is 5.92 Å². The molecule has 3 aromatic rings. The van der Waals surface area contributed by atoms with Crippen LogP contribution < -0.4 is 19.1 Å². The number of thioether (sulfide) groups is 1. The minimum Gasteiger partial charge on any atom is -0.497 e. The molecule has 0 bridgehead atoms. The number of para-hydroxylation sites is 2. The summed E-state index contributed by atoms with van der Waals surface area (Å²) in [6.45, 7) is 5.94. The molecule has 38 heavy (non-hydrogen) atoms. The van der Waals surface area contributed by atoms with Crippen molar-refractivity contribution in [1.29, 1.82) is 0 Å². The summed E-state index contributed by atoms with van der Waals surface area (Å²) in [7, 11) is -2.48. The van der Waals surface area contributed by atoms with Crippen molar-refractivity contribution in [3.63, 3.8) is 0 Å². The van der Waals surface area contributed by atoms with Crippen LogP contribution in [-0.2, 0) is 14.8 Å². The third-order valence-corrected chi connectivity index (χ3v) is 8.45. The molecule has 204 valence electrons. The highest BCUT2D eigenvalue weighted by molar-refractivity contribution is 7.98. The Kier molecular flexibility index (Phi) is 10.5. The molecule has 0 aliphatic heterocycles. The van der Waals surface area contributed by atoms with Crippen LogP contribution in [-0.4, -0.2) is 40.8 Å². The summed E-state index contributed by atoms with van der Waals surface area (Å²) in [4.78, 5) is 14.5. The van der Waals surface area contributed by atoms with Crippen molar-refractivity contribution in [2.45, 2.75) is 43.0 Å². The number of nitrogens with one attached hydrogen (secondary N) is 1. The van der Waals surface area contributed by atoms with Gasteiger partial charge in [0.15, 0.2) is 0 Å². The van der Waals surface area contributed by atoms with E-state index in [1.807, 2.05) is 37.4 Å². The lowest BCUT2D eigenvalue weighted by molar-refractivity contribution is -0.120. The molecule has 0 saturated heterocycles. The summed E-state index contributed by atoms with van der Waals surface area (Å²) < 4.78 is 39.9. The quantitative estimate of drug-likeness (QED) is 0.263. The molecule has 9 heteroatoms. The fourth-order valence-electron chi connectivity index (χ4n) is 4.07. The topological polar surface area (TPSA) is 84.9 Å². The Morgan fingerprint density at radius 2 is 1.66 bits per heavy atom. The Balaban J connectivity index is 1.97. The zero-order valence-electron chi connectivity index (χ0n) is 22.5. The predicted octanol–water partition coefficient (Wildman–Crippen LogP) is 5.91. The van der Waals surface area contributed by atoms with Crippen LogP contribution in [0.5, 0.6) is 11.5 Å². The van der Waals surface area contributed by atoms with Gasteiger partial charge in [0, 0.05) is 4.90 Å².